The van der Waals surface area contributed by atoms with Gasteiger partial charge in [-0.15, -0.1) is 0 Å². The van der Waals surface area contributed by atoms with Gasteiger partial charge >= 0.3 is 0 Å². The second kappa shape index (κ2) is 6.87. The van der Waals surface area contributed by atoms with E-state index in [0.717, 1.165) is 35.4 Å². The van der Waals surface area contributed by atoms with Gasteiger partial charge in [-0.2, -0.15) is 0 Å². The molecule has 0 heterocycles. The van der Waals surface area contributed by atoms with Crippen molar-refractivity contribution in [1.29, 1.82) is 0 Å². The molecule has 1 aromatic carbocycles. The van der Waals surface area contributed by atoms with Crippen LogP contribution in [0.25, 0.3) is 0 Å². The number of halogens is 1. The van der Waals surface area contributed by atoms with Crippen LogP contribution in [0.4, 0.5) is 0 Å². The fraction of sp³-hybridized carbons (Fsp3) is 0.538. The number of nitrogens with zero attached hydrogens (tertiary/aromatic N) is 1. The van der Waals surface area contributed by atoms with Crippen molar-refractivity contribution < 1.29 is 9.47 Å². The number of hydrogen-bond donors (Lipinski definition) is 0. The first kappa shape index (κ1) is 14.3. The van der Waals surface area contributed by atoms with Crippen molar-refractivity contribution in [2.75, 3.05) is 34.9 Å². The van der Waals surface area contributed by atoms with Crippen molar-refractivity contribution in [3.63, 3.8) is 0 Å². The topological polar surface area (TPSA) is 21.7 Å². The van der Waals surface area contributed by atoms with Crippen LogP contribution < -0.4 is 9.47 Å². The zero-order valence-corrected chi connectivity index (χ0v) is 12.5. The molecule has 1 aromatic rings. The van der Waals surface area contributed by atoms with Crippen LogP contribution in [-0.2, 0) is 6.42 Å². The van der Waals surface area contributed by atoms with Gasteiger partial charge in [-0.3, -0.25) is 0 Å². The Hall–Kier alpha value is -0.740. The summed E-state index contributed by atoms with van der Waals surface area (Å²) in [5.41, 5.74) is 1.17. The van der Waals surface area contributed by atoms with E-state index in [0.29, 0.717) is 0 Å². The van der Waals surface area contributed by atoms with E-state index in [-0.39, 0.29) is 0 Å². The zero-order valence-electron chi connectivity index (χ0n) is 10.9. The van der Waals surface area contributed by atoms with E-state index >= 15 is 0 Å². The molecular weight excluding hydrogens is 282 g/mol. The lowest BCUT2D eigenvalue weighted by atomic mass is 10.1. The molecule has 3 nitrogen and oxygen atoms in total. The van der Waals surface area contributed by atoms with Gasteiger partial charge in [0.25, 0.3) is 0 Å². The van der Waals surface area contributed by atoms with E-state index in [1.807, 2.05) is 12.1 Å². The van der Waals surface area contributed by atoms with Gasteiger partial charge in [0.15, 0.2) is 11.5 Å². The quantitative estimate of drug-likeness (QED) is 0.806. The van der Waals surface area contributed by atoms with Crippen molar-refractivity contribution in [1.82, 2.24) is 4.90 Å². The first-order valence-corrected chi connectivity index (χ1v) is 6.43. The molecule has 0 aliphatic heterocycles. The van der Waals surface area contributed by atoms with Crippen LogP contribution in [0.15, 0.2) is 16.6 Å². The average Bonchev–Trinajstić information content (AvgIpc) is 2.30. The van der Waals surface area contributed by atoms with Crippen LogP contribution in [0.5, 0.6) is 11.5 Å². The van der Waals surface area contributed by atoms with Crippen LogP contribution in [0.1, 0.15) is 12.0 Å². The lowest BCUT2D eigenvalue weighted by molar-refractivity contribution is 0.349. The van der Waals surface area contributed by atoms with Gasteiger partial charge in [0.2, 0.25) is 0 Å². The summed E-state index contributed by atoms with van der Waals surface area (Å²) in [6.07, 6.45) is 2.06. The van der Waals surface area contributed by atoms with E-state index in [1.54, 1.807) is 14.2 Å². The third-order valence-electron chi connectivity index (χ3n) is 2.62. The molecule has 0 amide bonds. The van der Waals surface area contributed by atoms with E-state index in [2.05, 4.69) is 34.9 Å². The second-order valence-electron chi connectivity index (χ2n) is 4.17. The van der Waals surface area contributed by atoms with Gasteiger partial charge in [0.05, 0.1) is 14.2 Å². The largest absolute Gasteiger partial charge is 0.493 e. The Kier molecular flexibility index (Phi) is 5.78. The molecule has 0 unspecified atom stereocenters. The van der Waals surface area contributed by atoms with Gasteiger partial charge in [-0.1, -0.05) is 15.9 Å². The fourth-order valence-electron chi connectivity index (χ4n) is 1.77. The first-order chi connectivity index (χ1) is 8.10. The van der Waals surface area contributed by atoms with Crippen LogP contribution >= 0.6 is 15.9 Å². The number of benzene rings is 1. The fourth-order valence-corrected chi connectivity index (χ4v) is 2.28. The maximum atomic E-state index is 5.44. The summed E-state index contributed by atoms with van der Waals surface area (Å²) in [5, 5.41) is 0. The molecule has 0 fully saturated rings. The van der Waals surface area contributed by atoms with E-state index in [1.165, 1.54) is 5.56 Å². The molecule has 1 rings (SSSR count). The van der Waals surface area contributed by atoms with Crippen molar-refractivity contribution in [2.24, 2.45) is 0 Å². The third-order valence-corrected chi connectivity index (χ3v) is 3.37. The second-order valence-corrected chi connectivity index (χ2v) is 5.02. The summed E-state index contributed by atoms with van der Waals surface area (Å²) in [5.74, 6) is 1.62. The standard InChI is InChI=1S/C13H20BrNO2/c1-15(2)9-5-6-10-11(14)7-8-12(16-3)13(10)17-4/h7-8H,5-6,9H2,1-4H3. The molecule has 0 aromatic heterocycles. The maximum Gasteiger partial charge on any atom is 0.165 e. The first-order valence-electron chi connectivity index (χ1n) is 5.64. The van der Waals surface area contributed by atoms with E-state index < -0.39 is 0 Å². The average molecular weight is 302 g/mol. The Balaban J connectivity index is 2.87. The zero-order chi connectivity index (χ0) is 12.8. The monoisotopic (exact) mass is 301 g/mol. The maximum absolute atomic E-state index is 5.44. The number of ether oxygens (including phenoxy) is 2. The number of hydrogen-bond acceptors (Lipinski definition) is 3. The van der Waals surface area contributed by atoms with Crippen LogP contribution in [-0.4, -0.2) is 39.8 Å². The molecule has 0 radical (unpaired) electrons. The highest BCUT2D eigenvalue weighted by atomic mass is 79.9. The molecule has 0 saturated carbocycles. The lowest BCUT2D eigenvalue weighted by Gasteiger charge is -2.15. The van der Waals surface area contributed by atoms with Gasteiger partial charge in [0, 0.05) is 10.0 Å². The molecule has 0 N–H and O–H groups in total. The lowest BCUT2D eigenvalue weighted by Crippen LogP contribution is -2.13. The number of methoxy groups -OCH3 is 2. The molecule has 96 valence electrons. The molecule has 0 saturated heterocycles. The minimum atomic E-state index is 0.788. The van der Waals surface area contributed by atoms with Gasteiger partial charge in [0.1, 0.15) is 0 Å². The smallest absolute Gasteiger partial charge is 0.165 e. The predicted molar refractivity (Wildman–Crippen MR) is 74.1 cm³/mol. The highest BCUT2D eigenvalue weighted by molar-refractivity contribution is 9.10. The molecule has 0 bridgehead atoms. The highest BCUT2D eigenvalue weighted by Gasteiger charge is 2.13. The third kappa shape index (κ3) is 3.89. The molecule has 0 spiro atoms. The van der Waals surface area contributed by atoms with Gasteiger partial charge in [-0.05, 0) is 45.6 Å². The summed E-state index contributed by atoms with van der Waals surface area (Å²) >= 11 is 3.57. The van der Waals surface area contributed by atoms with Crippen LogP contribution in [0.3, 0.4) is 0 Å². The minimum absolute atomic E-state index is 0.788. The summed E-state index contributed by atoms with van der Waals surface area (Å²) in [4.78, 5) is 2.18. The molecule has 0 aliphatic rings. The van der Waals surface area contributed by atoms with E-state index in [9.17, 15) is 0 Å². The van der Waals surface area contributed by atoms with Gasteiger partial charge in [-0.25, -0.2) is 0 Å². The SMILES string of the molecule is COc1ccc(Br)c(CCCN(C)C)c1OC. The molecule has 17 heavy (non-hydrogen) atoms. The normalized spacial score (nSPS) is 10.7. The summed E-state index contributed by atoms with van der Waals surface area (Å²) in [7, 11) is 7.50. The Bertz CT molecular complexity index is 367. The molecule has 4 heteroatoms. The Morgan fingerprint density at radius 3 is 2.41 bits per heavy atom. The minimum Gasteiger partial charge on any atom is -0.493 e. The van der Waals surface area contributed by atoms with Gasteiger partial charge < -0.3 is 14.4 Å². The Labute approximate surface area is 112 Å². The van der Waals surface area contributed by atoms with Crippen molar-refractivity contribution >= 4 is 15.9 Å². The predicted octanol–water partition coefficient (Wildman–Crippen LogP) is 2.96. The summed E-state index contributed by atoms with van der Waals surface area (Å²) in [6.45, 7) is 1.06. The Morgan fingerprint density at radius 2 is 1.88 bits per heavy atom. The number of rotatable bonds is 6. The summed E-state index contributed by atoms with van der Waals surface area (Å²) < 4.78 is 11.8. The van der Waals surface area contributed by atoms with Crippen molar-refractivity contribution in [2.45, 2.75) is 12.8 Å². The van der Waals surface area contributed by atoms with Crippen molar-refractivity contribution in [3.8, 4) is 11.5 Å². The molecule has 0 aliphatic carbocycles. The van der Waals surface area contributed by atoms with Crippen molar-refractivity contribution in [3.05, 3.63) is 22.2 Å². The summed E-state index contributed by atoms with van der Waals surface area (Å²) in [6, 6.07) is 3.92. The molecule has 0 atom stereocenters. The van der Waals surface area contributed by atoms with Crippen LogP contribution in [0.2, 0.25) is 0 Å². The molecular formula is C13H20BrNO2. The Morgan fingerprint density at radius 1 is 1.18 bits per heavy atom. The highest BCUT2D eigenvalue weighted by Crippen LogP contribution is 2.36. The van der Waals surface area contributed by atoms with Crippen LogP contribution in [0, 0.1) is 0 Å². The van der Waals surface area contributed by atoms with E-state index in [4.69, 9.17) is 9.47 Å².